The minimum atomic E-state index is 0.137. The van der Waals surface area contributed by atoms with Crippen LogP contribution in [0.4, 0.5) is 5.69 Å². The zero-order valence-electron chi connectivity index (χ0n) is 8.80. The first kappa shape index (κ1) is 10.5. The van der Waals surface area contributed by atoms with E-state index >= 15 is 0 Å². The largest absolute Gasteiger partial charge is 0.311 e. The molecule has 0 atom stereocenters. The van der Waals surface area contributed by atoms with Crippen LogP contribution in [-0.4, -0.2) is 23.7 Å². The lowest BCUT2D eigenvalue weighted by atomic mass is 10.2. The molecule has 0 bridgehead atoms. The Labute approximate surface area is 93.6 Å². The topological polar surface area (TPSA) is 50.3 Å². The Kier molecular flexibility index (Phi) is 3.10. The molecule has 0 aliphatic carbocycles. The van der Waals surface area contributed by atoms with Crippen molar-refractivity contribution in [1.82, 2.24) is 4.98 Å². The van der Waals surface area contributed by atoms with E-state index < -0.39 is 0 Å². The van der Waals surface area contributed by atoms with E-state index in [9.17, 15) is 9.59 Å². The van der Waals surface area contributed by atoms with Gasteiger partial charge in [0.25, 0.3) is 0 Å². The number of anilines is 1. The number of amides is 1. The van der Waals surface area contributed by atoms with Gasteiger partial charge in [0.2, 0.25) is 5.91 Å². The summed E-state index contributed by atoms with van der Waals surface area (Å²) in [5, 5.41) is 0. The summed E-state index contributed by atoms with van der Waals surface area (Å²) in [6, 6.07) is 1.86. The predicted molar refractivity (Wildman–Crippen MR) is 60.9 cm³/mol. The van der Waals surface area contributed by atoms with Gasteiger partial charge < -0.3 is 4.90 Å². The molecule has 1 saturated heterocycles. The van der Waals surface area contributed by atoms with Crippen molar-refractivity contribution in [3.05, 3.63) is 30.1 Å². The molecule has 0 aromatic carbocycles. The van der Waals surface area contributed by atoms with Crippen LogP contribution in [0.5, 0.6) is 0 Å². The van der Waals surface area contributed by atoms with Crippen LogP contribution in [0.1, 0.15) is 18.4 Å². The minimum absolute atomic E-state index is 0.137. The monoisotopic (exact) mass is 216 g/mol. The Bertz CT molecular complexity index is 440. The number of rotatable bonds is 3. The van der Waals surface area contributed by atoms with Gasteiger partial charge in [-0.1, -0.05) is 6.08 Å². The Morgan fingerprint density at radius 3 is 2.94 bits per heavy atom. The SMILES string of the molecule is O=C/C=C/c1cncc(N2CCCC2=O)c1. The predicted octanol–water partition coefficient (Wildman–Crippen LogP) is 1.42. The van der Waals surface area contributed by atoms with Gasteiger partial charge in [0, 0.05) is 19.2 Å². The summed E-state index contributed by atoms with van der Waals surface area (Å²) in [5.41, 5.74) is 1.62. The van der Waals surface area contributed by atoms with Crippen molar-refractivity contribution >= 4 is 24.0 Å². The molecule has 2 heterocycles. The summed E-state index contributed by atoms with van der Waals surface area (Å²) in [6.45, 7) is 0.751. The van der Waals surface area contributed by atoms with E-state index in [4.69, 9.17) is 0 Å². The minimum Gasteiger partial charge on any atom is -0.311 e. The number of carbonyl (C=O) groups excluding carboxylic acids is 2. The molecule has 16 heavy (non-hydrogen) atoms. The average Bonchev–Trinajstić information content (AvgIpc) is 2.73. The van der Waals surface area contributed by atoms with Gasteiger partial charge in [-0.15, -0.1) is 0 Å². The highest BCUT2D eigenvalue weighted by molar-refractivity contribution is 5.95. The number of aldehydes is 1. The summed E-state index contributed by atoms with van der Waals surface area (Å²) >= 11 is 0. The van der Waals surface area contributed by atoms with Crippen molar-refractivity contribution in [1.29, 1.82) is 0 Å². The first-order valence-electron chi connectivity index (χ1n) is 5.18. The van der Waals surface area contributed by atoms with E-state index in [0.717, 1.165) is 24.2 Å². The number of carbonyl (C=O) groups is 2. The van der Waals surface area contributed by atoms with E-state index in [2.05, 4.69) is 4.98 Å². The molecule has 1 amide bonds. The lowest BCUT2D eigenvalue weighted by Crippen LogP contribution is -2.23. The van der Waals surface area contributed by atoms with Crippen molar-refractivity contribution in [2.24, 2.45) is 0 Å². The van der Waals surface area contributed by atoms with E-state index in [1.807, 2.05) is 6.07 Å². The second-order valence-electron chi connectivity index (χ2n) is 3.62. The fourth-order valence-corrected chi connectivity index (χ4v) is 1.76. The summed E-state index contributed by atoms with van der Waals surface area (Å²) in [4.78, 5) is 27.5. The zero-order chi connectivity index (χ0) is 11.4. The molecular weight excluding hydrogens is 204 g/mol. The van der Waals surface area contributed by atoms with Gasteiger partial charge in [0.05, 0.1) is 11.9 Å². The van der Waals surface area contributed by atoms with Gasteiger partial charge in [-0.05, 0) is 24.1 Å². The number of nitrogens with zero attached hydrogens (tertiary/aromatic N) is 2. The molecule has 0 saturated carbocycles. The van der Waals surface area contributed by atoms with Crippen LogP contribution in [0, 0.1) is 0 Å². The molecule has 82 valence electrons. The van der Waals surface area contributed by atoms with Gasteiger partial charge in [-0.2, -0.15) is 0 Å². The first-order chi connectivity index (χ1) is 7.81. The number of hydrogen-bond acceptors (Lipinski definition) is 3. The standard InChI is InChI=1S/C12H12N2O2/c15-6-2-3-10-7-11(9-13-8-10)14-5-1-4-12(14)16/h2-3,6-9H,1,4-5H2/b3-2+. The summed E-state index contributed by atoms with van der Waals surface area (Å²) < 4.78 is 0. The molecule has 0 radical (unpaired) electrons. The Hall–Kier alpha value is -1.97. The molecule has 4 nitrogen and oxygen atoms in total. The maximum atomic E-state index is 11.5. The molecule has 1 aliphatic heterocycles. The Morgan fingerprint density at radius 1 is 1.38 bits per heavy atom. The molecule has 0 unspecified atom stereocenters. The third kappa shape index (κ3) is 2.16. The second-order valence-corrected chi connectivity index (χ2v) is 3.62. The van der Waals surface area contributed by atoms with Crippen LogP contribution in [0.15, 0.2) is 24.5 Å². The highest BCUT2D eigenvalue weighted by Crippen LogP contribution is 2.21. The normalized spacial score (nSPS) is 16.0. The second kappa shape index (κ2) is 4.70. The van der Waals surface area contributed by atoms with Crippen LogP contribution in [0.3, 0.4) is 0 Å². The Morgan fingerprint density at radius 2 is 2.25 bits per heavy atom. The first-order valence-corrected chi connectivity index (χ1v) is 5.18. The fourth-order valence-electron chi connectivity index (χ4n) is 1.76. The van der Waals surface area contributed by atoms with Crippen LogP contribution >= 0.6 is 0 Å². The number of hydrogen-bond donors (Lipinski definition) is 0. The molecule has 0 spiro atoms. The van der Waals surface area contributed by atoms with Crippen LogP contribution < -0.4 is 4.90 Å². The van der Waals surface area contributed by atoms with Crippen molar-refractivity contribution in [3.8, 4) is 0 Å². The molecular formula is C12H12N2O2. The molecule has 1 aromatic rings. The van der Waals surface area contributed by atoms with E-state index in [-0.39, 0.29) is 5.91 Å². The van der Waals surface area contributed by atoms with Crippen molar-refractivity contribution in [2.75, 3.05) is 11.4 Å². The molecule has 0 N–H and O–H groups in total. The van der Waals surface area contributed by atoms with Gasteiger partial charge >= 0.3 is 0 Å². The molecule has 1 fully saturated rings. The number of allylic oxidation sites excluding steroid dienone is 1. The van der Waals surface area contributed by atoms with Gasteiger partial charge in [0.1, 0.15) is 6.29 Å². The lowest BCUT2D eigenvalue weighted by Gasteiger charge is -2.15. The van der Waals surface area contributed by atoms with E-state index in [1.165, 1.54) is 6.08 Å². The van der Waals surface area contributed by atoms with E-state index in [0.29, 0.717) is 12.7 Å². The fraction of sp³-hybridized carbons (Fsp3) is 0.250. The van der Waals surface area contributed by atoms with Crippen LogP contribution in [0.2, 0.25) is 0 Å². The summed E-state index contributed by atoms with van der Waals surface area (Å²) in [7, 11) is 0. The summed E-state index contributed by atoms with van der Waals surface area (Å²) in [6.07, 6.45) is 8.62. The van der Waals surface area contributed by atoms with Gasteiger partial charge in [-0.3, -0.25) is 14.6 Å². The third-order valence-electron chi connectivity index (χ3n) is 2.50. The van der Waals surface area contributed by atoms with Gasteiger partial charge in [0.15, 0.2) is 0 Å². The molecule has 2 rings (SSSR count). The van der Waals surface area contributed by atoms with Crippen molar-refractivity contribution in [3.63, 3.8) is 0 Å². The van der Waals surface area contributed by atoms with Gasteiger partial charge in [-0.25, -0.2) is 0 Å². The number of aromatic nitrogens is 1. The van der Waals surface area contributed by atoms with Crippen molar-refractivity contribution in [2.45, 2.75) is 12.8 Å². The summed E-state index contributed by atoms with van der Waals surface area (Å²) in [5.74, 6) is 0.137. The van der Waals surface area contributed by atoms with Crippen LogP contribution in [-0.2, 0) is 9.59 Å². The Balaban J connectivity index is 2.24. The number of pyridine rings is 1. The molecule has 1 aromatic heterocycles. The van der Waals surface area contributed by atoms with E-state index in [1.54, 1.807) is 23.4 Å². The highest BCUT2D eigenvalue weighted by atomic mass is 16.2. The smallest absolute Gasteiger partial charge is 0.227 e. The maximum Gasteiger partial charge on any atom is 0.227 e. The molecule has 1 aliphatic rings. The van der Waals surface area contributed by atoms with Crippen molar-refractivity contribution < 1.29 is 9.59 Å². The third-order valence-corrected chi connectivity index (χ3v) is 2.50. The average molecular weight is 216 g/mol. The zero-order valence-corrected chi connectivity index (χ0v) is 8.80. The highest BCUT2D eigenvalue weighted by Gasteiger charge is 2.21. The molecule has 4 heteroatoms. The van der Waals surface area contributed by atoms with Crippen LogP contribution in [0.25, 0.3) is 6.08 Å². The quantitative estimate of drug-likeness (QED) is 0.567. The lowest BCUT2D eigenvalue weighted by molar-refractivity contribution is -0.117. The maximum absolute atomic E-state index is 11.5.